The molecular weight excluding hydrogens is 643 g/mol. The molecule has 0 rings (SSSR count). The van der Waals surface area contributed by atoms with E-state index in [1.54, 1.807) is 0 Å². The van der Waals surface area contributed by atoms with Crippen molar-refractivity contribution in [2.75, 3.05) is 0 Å². The molecule has 0 amide bonds. The van der Waals surface area contributed by atoms with Crippen LogP contribution in [-0.4, -0.2) is 43.6 Å². The number of hydrogen-bond acceptors (Lipinski definition) is 8. The normalized spacial score (nSPS) is 11.2. The minimum atomic E-state index is -0.00231. The molecule has 0 aliphatic heterocycles. The number of carbonyl (C=O) groups is 4. The standard InChI is InChI=1S/4C7H12O2.Hf/c4*1-3-4-7(9)5-6(2)8;/h4*5,8H,3-4H2,1-2H3;. The fraction of sp³-hybridized carbons (Fsp3) is 0.571. The van der Waals surface area contributed by atoms with Gasteiger partial charge in [0.2, 0.25) is 0 Å². The van der Waals surface area contributed by atoms with Crippen molar-refractivity contribution in [3.8, 4) is 0 Å². The molecule has 0 aliphatic rings. The zero-order chi connectivity index (χ0) is 29.1. The SMILES string of the molecule is CCCC(=O)C=C(C)O.CCCC(=O)C=C(C)O.CCCC(=O)C=C(C)O.CCCC(=O)C=C(C)O.[Hf]. The van der Waals surface area contributed by atoms with Gasteiger partial charge in [-0.2, -0.15) is 0 Å². The second-order valence-electron chi connectivity index (χ2n) is 8.01. The van der Waals surface area contributed by atoms with Crippen LogP contribution in [0.1, 0.15) is 107 Å². The van der Waals surface area contributed by atoms with Crippen LogP contribution >= 0.6 is 0 Å². The molecule has 212 valence electrons. The minimum Gasteiger partial charge on any atom is -0.512 e. The Hall–Kier alpha value is -2.29. The summed E-state index contributed by atoms with van der Waals surface area (Å²) in [6.07, 6.45) is 10.5. The predicted octanol–water partition coefficient (Wildman–Crippen LogP) is 7.27. The maximum Gasteiger partial charge on any atom is 0.158 e. The number of aliphatic hydroxyl groups excluding tert-OH is 4. The van der Waals surface area contributed by atoms with Gasteiger partial charge in [0.05, 0.1) is 23.0 Å². The van der Waals surface area contributed by atoms with Gasteiger partial charge in [0, 0.05) is 75.8 Å². The van der Waals surface area contributed by atoms with Crippen LogP contribution in [0.25, 0.3) is 0 Å². The average molecular weight is 691 g/mol. The van der Waals surface area contributed by atoms with Crippen LogP contribution in [0.3, 0.4) is 0 Å². The zero-order valence-corrected chi connectivity index (χ0v) is 27.5. The molecule has 0 aromatic heterocycles. The molecule has 37 heavy (non-hydrogen) atoms. The Morgan fingerprint density at radius 1 is 0.432 bits per heavy atom. The summed E-state index contributed by atoms with van der Waals surface area (Å²) < 4.78 is 0. The summed E-state index contributed by atoms with van der Waals surface area (Å²) >= 11 is 0. The first kappa shape index (κ1) is 44.7. The Balaban J connectivity index is -0.000000122. The summed E-state index contributed by atoms with van der Waals surface area (Å²) in [5, 5.41) is 34.4. The van der Waals surface area contributed by atoms with E-state index < -0.39 is 0 Å². The third-order valence-electron chi connectivity index (χ3n) is 3.47. The molecule has 0 unspecified atom stereocenters. The number of allylic oxidation sites excluding steroid dienone is 8. The van der Waals surface area contributed by atoms with E-state index in [0.29, 0.717) is 25.7 Å². The largest absolute Gasteiger partial charge is 0.512 e. The van der Waals surface area contributed by atoms with Crippen molar-refractivity contribution in [3.63, 3.8) is 0 Å². The summed E-state index contributed by atoms with van der Waals surface area (Å²) in [6, 6.07) is 0. The van der Waals surface area contributed by atoms with Crippen LogP contribution in [0.5, 0.6) is 0 Å². The second kappa shape index (κ2) is 31.7. The van der Waals surface area contributed by atoms with Crippen molar-refractivity contribution in [2.45, 2.75) is 107 Å². The molecule has 0 saturated carbocycles. The summed E-state index contributed by atoms with van der Waals surface area (Å²) in [5.74, 6) is 0.355. The van der Waals surface area contributed by atoms with Crippen molar-refractivity contribution < 1.29 is 65.4 Å². The van der Waals surface area contributed by atoms with Gasteiger partial charge in [0.1, 0.15) is 0 Å². The van der Waals surface area contributed by atoms with E-state index in [-0.39, 0.29) is 72.0 Å². The van der Waals surface area contributed by atoms with Gasteiger partial charge < -0.3 is 20.4 Å². The van der Waals surface area contributed by atoms with Crippen LogP contribution in [0.2, 0.25) is 0 Å². The first-order valence-electron chi connectivity index (χ1n) is 12.3. The Morgan fingerprint density at radius 3 is 0.649 bits per heavy atom. The first-order chi connectivity index (χ1) is 16.7. The summed E-state index contributed by atoms with van der Waals surface area (Å²) in [5.41, 5.74) is 0. The van der Waals surface area contributed by atoms with E-state index in [2.05, 4.69) is 0 Å². The molecule has 0 spiro atoms. The number of rotatable bonds is 12. The second-order valence-corrected chi connectivity index (χ2v) is 8.01. The van der Waals surface area contributed by atoms with Gasteiger partial charge in [-0.3, -0.25) is 19.2 Å². The number of hydrogen-bond donors (Lipinski definition) is 4. The fourth-order valence-electron chi connectivity index (χ4n) is 2.21. The van der Waals surface area contributed by atoms with E-state index in [1.165, 1.54) is 52.0 Å². The van der Waals surface area contributed by atoms with Gasteiger partial charge >= 0.3 is 0 Å². The van der Waals surface area contributed by atoms with Gasteiger partial charge in [-0.1, -0.05) is 27.7 Å². The van der Waals surface area contributed by atoms with E-state index in [0.717, 1.165) is 25.7 Å². The smallest absolute Gasteiger partial charge is 0.158 e. The molecule has 0 fully saturated rings. The molecule has 0 bridgehead atoms. The van der Waals surface area contributed by atoms with Crippen LogP contribution < -0.4 is 0 Å². The minimum absolute atomic E-state index is 0. The molecular formula is C28H48HfO8. The Kier molecular flexibility index (Phi) is 38.3. The van der Waals surface area contributed by atoms with E-state index >= 15 is 0 Å². The number of ketones is 4. The van der Waals surface area contributed by atoms with Gasteiger partial charge in [-0.05, 0) is 53.4 Å². The quantitative estimate of drug-likeness (QED) is 0.0949. The predicted molar refractivity (Wildman–Crippen MR) is 145 cm³/mol. The molecule has 0 saturated heterocycles. The Labute approximate surface area is 242 Å². The van der Waals surface area contributed by atoms with Crippen molar-refractivity contribution in [1.29, 1.82) is 0 Å². The third-order valence-corrected chi connectivity index (χ3v) is 3.47. The van der Waals surface area contributed by atoms with E-state index in [1.807, 2.05) is 27.7 Å². The number of carbonyl (C=O) groups excluding carboxylic acids is 4. The molecule has 4 N–H and O–H groups in total. The zero-order valence-electron chi connectivity index (χ0n) is 23.9. The van der Waals surface area contributed by atoms with Gasteiger partial charge in [-0.15, -0.1) is 0 Å². The van der Waals surface area contributed by atoms with Gasteiger partial charge in [0.25, 0.3) is 0 Å². The molecule has 8 nitrogen and oxygen atoms in total. The Morgan fingerprint density at radius 2 is 0.568 bits per heavy atom. The van der Waals surface area contributed by atoms with Crippen molar-refractivity contribution in [2.24, 2.45) is 0 Å². The summed E-state index contributed by atoms with van der Waals surface area (Å²) in [7, 11) is 0. The fourth-order valence-corrected chi connectivity index (χ4v) is 2.21. The number of aliphatic hydroxyl groups is 4. The van der Waals surface area contributed by atoms with Crippen LogP contribution in [-0.2, 0) is 45.0 Å². The van der Waals surface area contributed by atoms with E-state index in [4.69, 9.17) is 20.4 Å². The Bertz CT molecular complexity index is 618. The molecule has 0 aromatic carbocycles. The summed E-state index contributed by atoms with van der Waals surface area (Å²) in [6.45, 7) is 13.7. The first-order valence-corrected chi connectivity index (χ1v) is 12.3. The molecule has 0 aromatic rings. The average Bonchev–Trinajstić information content (AvgIpc) is 2.68. The maximum absolute atomic E-state index is 10.6. The van der Waals surface area contributed by atoms with Crippen molar-refractivity contribution >= 4 is 23.1 Å². The third kappa shape index (κ3) is 51.3. The maximum atomic E-state index is 10.6. The molecule has 9 heteroatoms. The van der Waals surface area contributed by atoms with Gasteiger partial charge in [0.15, 0.2) is 23.1 Å². The van der Waals surface area contributed by atoms with Crippen LogP contribution in [0.4, 0.5) is 0 Å². The topological polar surface area (TPSA) is 149 Å². The van der Waals surface area contributed by atoms with Crippen LogP contribution in [0.15, 0.2) is 47.3 Å². The van der Waals surface area contributed by atoms with E-state index in [9.17, 15) is 19.2 Å². The summed E-state index contributed by atoms with van der Waals surface area (Å²) in [4.78, 5) is 42.5. The molecule has 0 atom stereocenters. The monoisotopic (exact) mass is 692 g/mol. The molecule has 0 radical (unpaired) electrons. The van der Waals surface area contributed by atoms with Crippen molar-refractivity contribution in [1.82, 2.24) is 0 Å². The van der Waals surface area contributed by atoms with Gasteiger partial charge in [-0.25, -0.2) is 0 Å². The molecule has 0 aliphatic carbocycles. The molecule has 0 heterocycles. The van der Waals surface area contributed by atoms with Crippen molar-refractivity contribution in [3.05, 3.63) is 47.3 Å². The van der Waals surface area contributed by atoms with Crippen LogP contribution in [0, 0.1) is 0 Å².